The number of methoxy groups -OCH3 is 2. The number of benzene rings is 1. The number of ether oxygens (including phenoxy) is 2. The number of aromatic nitrogens is 1. The molecule has 7 heteroatoms. The third-order valence-electron chi connectivity index (χ3n) is 3.28. The van der Waals surface area contributed by atoms with E-state index in [4.69, 9.17) is 21.1 Å². The van der Waals surface area contributed by atoms with Crippen molar-refractivity contribution in [1.29, 1.82) is 0 Å². The molecule has 0 aliphatic heterocycles. The number of halogens is 1. The predicted octanol–water partition coefficient (Wildman–Crippen LogP) is 3.63. The summed E-state index contributed by atoms with van der Waals surface area (Å²) < 4.78 is 10.4. The topological polar surface area (TPSA) is 72.5 Å². The van der Waals surface area contributed by atoms with Gasteiger partial charge in [0.05, 0.1) is 31.0 Å². The van der Waals surface area contributed by atoms with Crippen molar-refractivity contribution in [3.63, 3.8) is 0 Å². The summed E-state index contributed by atoms with van der Waals surface area (Å²) in [5.74, 6) is 0.975. The fourth-order valence-electron chi connectivity index (χ4n) is 2.04. The molecule has 0 saturated carbocycles. The van der Waals surface area contributed by atoms with Gasteiger partial charge in [-0.05, 0) is 24.6 Å². The Kier molecular flexibility index (Phi) is 5.65. The van der Waals surface area contributed by atoms with Gasteiger partial charge in [-0.25, -0.2) is 4.79 Å². The molecule has 1 heterocycles. The molecule has 1 aromatic carbocycles. The minimum atomic E-state index is -0.372. The van der Waals surface area contributed by atoms with Crippen molar-refractivity contribution in [3.05, 3.63) is 47.2 Å². The Labute approximate surface area is 139 Å². The van der Waals surface area contributed by atoms with Crippen molar-refractivity contribution in [2.24, 2.45) is 0 Å². The standard InChI is InChI=1S/C16H18ClN3O3/c1-10(11-4-6-18-7-5-11)19-16(21)20-13-9-15(23-3)14(22-2)8-12(13)17/h4-10H,1-3H3,(H2,19,20,21). The number of anilines is 1. The van der Waals surface area contributed by atoms with E-state index in [1.807, 2.05) is 19.1 Å². The quantitative estimate of drug-likeness (QED) is 0.875. The van der Waals surface area contributed by atoms with E-state index in [0.717, 1.165) is 5.56 Å². The van der Waals surface area contributed by atoms with Crippen molar-refractivity contribution in [2.75, 3.05) is 19.5 Å². The Morgan fingerprint density at radius 1 is 1.17 bits per heavy atom. The molecule has 0 spiro atoms. The molecule has 2 N–H and O–H groups in total. The maximum atomic E-state index is 12.1. The number of pyridine rings is 1. The van der Waals surface area contributed by atoms with Crippen LogP contribution < -0.4 is 20.1 Å². The van der Waals surface area contributed by atoms with Gasteiger partial charge in [0.15, 0.2) is 11.5 Å². The lowest BCUT2D eigenvalue weighted by Crippen LogP contribution is -2.31. The van der Waals surface area contributed by atoms with Gasteiger partial charge in [0.25, 0.3) is 0 Å². The number of carbonyl (C=O) groups excluding carboxylic acids is 1. The van der Waals surface area contributed by atoms with Crippen molar-refractivity contribution in [1.82, 2.24) is 10.3 Å². The average molecular weight is 336 g/mol. The molecule has 1 unspecified atom stereocenters. The van der Waals surface area contributed by atoms with Crippen molar-refractivity contribution >= 4 is 23.3 Å². The van der Waals surface area contributed by atoms with Gasteiger partial charge in [-0.3, -0.25) is 4.98 Å². The number of carbonyl (C=O) groups is 1. The van der Waals surface area contributed by atoms with Crippen LogP contribution in [0.25, 0.3) is 0 Å². The Morgan fingerprint density at radius 2 is 1.78 bits per heavy atom. The second-order valence-corrected chi connectivity index (χ2v) is 5.19. The minimum absolute atomic E-state index is 0.170. The van der Waals surface area contributed by atoms with E-state index < -0.39 is 0 Å². The molecule has 1 atom stereocenters. The zero-order valence-corrected chi connectivity index (χ0v) is 13.8. The van der Waals surface area contributed by atoms with Gasteiger partial charge in [0.1, 0.15) is 0 Å². The number of urea groups is 1. The Morgan fingerprint density at radius 3 is 2.39 bits per heavy atom. The largest absolute Gasteiger partial charge is 0.493 e. The molecular weight excluding hydrogens is 318 g/mol. The highest BCUT2D eigenvalue weighted by Crippen LogP contribution is 2.36. The van der Waals surface area contributed by atoms with Crippen molar-refractivity contribution in [3.8, 4) is 11.5 Å². The van der Waals surface area contributed by atoms with Crippen LogP contribution in [0, 0.1) is 0 Å². The van der Waals surface area contributed by atoms with E-state index in [1.54, 1.807) is 24.5 Å². The molecule has 0 saturated heterocycles. The summed E-state index contributed by atoms with van der Waals surface area (Å²) in [6.07, 6.45) is 3.35. The van der Waals surface area contributed by atoms with Crippen LogP contribution in [-0.4, -0.2) is 25.2 Å². The molecule has 23 heavy (non-hydrogen) atoms. The number of hydrogen-bond acceptors (Lipinski definition) is 4. The van der Waals surface area contributed by atoms with Gasteiger partial charge in [-0.1, -0.05) is 11.6 Å². The van der Waals surface area contributed by atoms with Gasteiger partial charge < -0.3 is 20.1 Å². The Hall–Kier alpha value is -2.47. The van der Waals surface area contributed by atoms with Crippen LogP contribution in [0.5, 0.6) is 11.5 Å². The Balaban J connectivity index is 2.08. The Bertz CT molecular complexity index is 680. The molecule has 6 nitrogen and oxygen atoms in total. The van der Waals surface area contributed by atoms with Crippen LogP contribution in [0.4, 0.5) is 10.5 Å². The first kappa shape index (κ1) is 16.9. The van der Waals surface area contributed by atoms with Crippen molar-refractivity contribution in [2.45, 2.75) is 13.0 Å². The van der Waals surface area contributed by atoms with Crippen LogP contribution >= 0.6 is 11.6 Å². The second kappa shape index (κ2) is 7.69. The molecule has 0 radical (unpaired) electrons. The van der Waals surface area contributed by atoms with E-state index in [9.17, 15) is 4.79 Å². The maximum absolute atomic E-state index is 12.1. The van der Waals surface area contributed by atoms with E-state index in [0.29, 0.717) is 22.2 Å². The molecule has 0 aliphatic carbocycles. The normalized spacial score (nSPS) is 11.5. The van der Waals surface area contributed by atoms with Gasteiger partial charge in [-0.15, -0.1) is 0 Å². The van der Waals surface area contributed by atoms with Crippen LogP contribution in [0.2, 0.25) is 5.02 Å². The number of nitrogens with one attached hydrogen (secondary N) is 2. The molecule has 0 bridgehead atoms. The van der Waals surface area contributed by atoms with Crippen LogP contribution in [0.15, 0.2) is 36.7 Å². The molecule has 122 valence electrons. The smallest absolute Gasteiger partial charge is 0.319 e. The lowest BCUT2D eigenvalue weighted by Gasteiger charge is -2.16. The van der Waals surface area contributed by atoms with Gasteiger partial charge >= 0.3 is 6.03 Å². The summed E-state index contributed by atoms with van der Waals surface area (Å²) in [6.45, 7) is 1.88. The average Bonchev–Trinajstić information content (AvgIpc) is 2.56. The summed E-state index contributed by atoms with van der Waals surface area (Å²) in [5, 5.41) is 5.89. The number of rotatable bonds is 5. The van der Waals surface area contributed by atoms with E-state index in [1.165, 1.54) is 14.2 Å². The fraction of sp³-hybridized carbons (Fsp3) is 0.250. The molecule has 2 amide bonds. The zero-order valence-electron chi connectivity index (χ0n) is 13.1. The molecule has 2 rings (SSSR count). The van der Waals surface area contributed by atoms with Crippen LogP contribution in [0.3, 0.4) is 0 Å². The van der Waals surface area contributed by atoms with Gasteiger partial charge in [0, 0.05) is 24.5 Å². The highest BCUT2D eigenvalue weighted by molar-refractivity contribution is 6.34. The van der Waals surface area contributed by atoms with E-state index in [2.05, 4.69) is 15.6 Å². The zero-order chi connectivity index (χ0) is 16.8. The third kappa shape index (κ3) is 4.26. The van der Waals surface area contributed by atoms with Crippen molar-refractivity contribution < 1.29 is 14.3 Å². The van der Waals surface area contributed by atoms with Crippen LogP contribution in [-0.2, 0) is 0 Å². The first-order valence-electron chi connectivity index (χ1n) is 6.94. The SMILES string of the molecule is COc1cc(Cl)c(NC(=O)NC(C)c2ccncc2)cc1OC. The second-order valence-electron chi connectivity index (χ2n) is 4.79. The van der Waals surface area contributed by atoms with Gasteiger partial charge in [-0.2, -0.15) is 0 Å². The summed E-state index contributed by atoms with van der Waals surface area (Å²) in [7, 11) is 3.03. The summed E-state index contributed by atoms with van der Waals surface area (Å²) in [6, 6.07) is 6.34. The van der Waals surface area contributed by atoms with Gasteiger partial charge in [0.2, 0.25) is 0 Å². The fourth-order valence-corrected chi connectivity index (χ4v) is 2.24. The minimum Gasteiger partial charge on any atom is -0.493 e. The van der Waals surface area contributed by atoms with E-state index >= 15 is 0 Å². The first-order chi connectivity index (χ1) is 11.0. The lowest BCUT2D eigenvalue weighted by molar-refractivity contribution is 0.249. The lowest BCUT2D eigenvalue weighted by atomic mass is 10.1. The number of amides is 2. The molecular formula is C16H18ClN3O3. The number of nitrogens with zero attached hydrogens (tertiary/aromatic N) is 1. The molecule has 0 fully saturated rings. The van der Waals surface area contributed by atoms with E-state index in [-0.39, 0.29) is 12.1 Å². The summed E-state index contributed by atoms with van der Waals surface area (Å²) in [4.78, 5) is 16.1. The summed E-state index contributed by atoms with van der Waals surface area (Å²) >= 11 is 6.15. The number of hydrogen-bond donors (Lipinski definition) is 2. The monoisotopic (exact) mass is 335 g/mol. The highest BCUT2D eigenvalue weighted by atomic mass is 35.5. The third-order valence-corrected chi connectivity index (χ3v) is 3.59. The molecule has 1 aromatic heterocycles. The first-order valence-corrected chi connectivity index (χ1v) is 7.32. The predicted molar refractivity (Wildman–Crippen MR) is 89.4 cm³/mol. The maximum Gasteiger partial charge on any atom is 0.319 e. The summed E-state index contributed by atoms with van der Waals surface area (Å²) in [5.41, 5.74) is 1.39. The highest BCUT2D eigenvalue weighted by Gasteiger charge is 2.14. The van der Waals surface area contributed by atoms with Crippen LogP contribution in [0.1, 0.15) is 18.5 Å². The molecule has 2 aromatic rings. The molecule has 0 aliphatic rings.